The third-order valence-corrected chi connectivity index (χ3v) is 3.35. The molecular weight excluding hydrogens is 261 g/mol. The largest absolute Gasteiger partial charge is 0.328 e. The number of nitrogens with one attached hydrogen (secondary N) is 1. The Kier molecular flexibility index (Phi) is 2.91. The molecule has 0 spiro atoms. The van der Waals surface area contributed by atoms with E-state index < -0.39 is 0 Å². The summed E-state index contributed by atoms with van der Waals surface area (Å²) in [5.74, 6) is -0.292. The number of pyridine rings is 1. The van der Waals surface area contributed by atoms with Crippen LogP contribution in [0.3, 0.4) is 0 Å². The molecule has 0 radical (unpaired) electrons. The molecule has 5 heteroatoms. The summed E-state index contributed by atoms with van der Waals surface area (Å²) in [6, 6.07) is 10.8. The zero-order chi connectivity index (χ0) is 13.4. The lowest BCUT2D eigenvalue weighted by molar-refractivity contribution is 0.637. The van der Waals surface area contributed by atoms with Gasteiger partial charge in [0.2, 0.25) is 0 Å². The van der Waals surface area contributed by atoms with Crippen LogP contribution < -0.4 is 0 Å². The average Bonchev–Trinajstić information content (AvgIpc) is 2.69. The molecule has 96 valence electrons. The van der Waals surface area contributed by atoms with Gasteiger partial charge in [-0.05, 0) is 43.4 Å². The van der Waals surface area contributed by atoms with E-state index in [1.807, 2.05) is 35.8 Å². The van der Waals surface area contributed by atoms with Crippen molar-refractivity contribution in [3.05, 3.63) is 58.4 Å². The van der Waals surface area contributed by atoms with Crippen LogP contribution >= 0.6 is 12.2 Å². The number of aryl methyl sites for hydroxylation is 1. The molecule has 0 amide bonds. The molecule has 3 aromatic rings. The maximum Gasteiger partial charge on any atom is 0.178 e. The van der Waals surface area contributed by atoms with Crippen LogP contribution in [-0.4, -0.2) is 14.5 Å². The average molecular weight is 273 g/mol. The van der Waals surface area contributed by atoms with Crippen molar-refractivity contribution in [3.63, 3.8) is 0 Å². The molecule has 0 bridgehead atoms. The first-order chi connectivity index (χ1) is 9.15. The van der Waals surface area contributed by atoms with Gasteiger partial charge in [-0.1, -0.05) is 12.1 Å². The zero-order valence-electron chi connectivity index (χ0n) is 10.4. The van der Waals surface area contributed by atoms with Crippen LogP contribution in [-0.2, 0) is 6.54 Å². The van der Waals surface area contributed by atoms with Gasteiger partial charge in [-0.2, -0.15) is 0 Å². The SMILES string of the molecule is Cc1cccc(Cn2c(=S)[nH]c3c(F)cccc32)n1. The number of halogens is 1. The lowest BCUT2D eigenvalue weighted by Crippen LogP contribution is -2.02. The summed E-state index contributed by atoms with van der Waals surface area (Å²) >= 11 is 5.26. The number of nitrogens with zero attached hydrogens (tertiary/aromatic N) is 2. The number of aromatic nitrogens is 3. The van der Waals surface area contributed by atoms with E-state index in [0.717, 1.165) is 16.9 Å². The van der Waals surface area contributed by atoms with Gasteiger partial charge in [0.1, 0.15) is 11.3 Å². The van der Waals surface area contributed by atoms with E-state index in [0.29, 0.717) is 16.8 Å². The van der Waals surface area contributed by atoms with Gasteiger partial charge >= 0.3 is 0 Å². The fraction of sp³-hybridized carbons (Fsp3) is 0.143. The molecule has 3 rings (SSSR count). The Morgan fingerprint density at radius 3 is 2.84 bits per heavy atom. The second-order valence-electron chi connectivity index (χ2n) is 4.42. The van der Waals surface area contributed by atoms with Crippen molar-refractivity contribution in [2.45, 2.75) is 13.5 Å². The summed E-state index contributed by atoms with van der Waals surface area (Å²) < 4.78 is 16.0. The fourth-order valence-electron chi connectivity index (χ4n) is 2.15. The van der Waals surface area contributed by atoms with Crippen molar-refractivity contribution in [3.8, 4) is 0 Å². The number of aromatic amines is 1. The van der Waals surface area contributed by atoms with Crippen molar-refractivity contribution in [1.82, 2.24) is 14.5 Å². The summed E-state index contributed by atoms with van der Waals surface area (Å²) in [6.07, 6.45) is 0. The highest BCUT2D eigenvalue weighted by Crippen LogP contribution is 2.18. The quantitative estimate of drug-likeness (QED) is 0.724. The number of hydrogen-bond acceptors (Lipinski definition) is 2. The molecule has 3 nitrogen and oxygen atoms in total. The fourth-order valence-corrected chi connectivity index (χ4v) is 2.42. The maximum atomic E-state index is 13.7. The second kappa shape index (κ2) is 4.59. The van der Waals surface area contributed by atoms with Gasteiger partial charge in [-0.3, -0.25) is 4.98 Å². The van der Waals surface area contributed by atoms with E-state index in [4.69, 9.17) is 12.2 Å². The molecule has 19 heavy (non-hydrogen) atoms. The number of imidazole rings is 1. The molecule has 0 unspecified atom stereocenters. The third kappa shape index (κ3) is 2.17. The van der Waals surface area contributed by atoms with Gasteiger partial charge in [-0.25, -0.2) is 4.39 Å². The first kappa shape index (κ1) is 12.0. The predicted octanol–water partition coefficient (Wildman–Crippen LogP) is 3.59. The third-order valence-electron chi connectivity index (χ3n) is 3.03. The minimum atomic E-state index is -0.292. The van der Waals surface area contributed by atoms with Crippen LogP contribution in [0.25, 0.3) is 11.0 Å². The summed E-state index contributed by atoms with van der Waals surface area (Å²) in [5.41, 5.74) is 3.06. The lowest BCUT2D eigenvalue weighted by Gasteiger charge is -2.05. The first-order valence-corrected chi connectivity index (χ1v) is 6.35. The Morgan fingerprint density at radius 2 is 2.05 bits per heavy atom. The van der Waals surface area contributed by atoms with Crippen molar-refractivity contribution >= 4 is 23.3 Å². The lowest BCUT2D eigenvalue weighted by atomic mass is 10.3. The molecule has 0 aliphatic carbocycles. The summed E-state index contributed by atoms with van der Waals surface area (Å²) in [7, 11) is 0. The Morgan fingerprint density at radius 1 is 1.26 bits per heavy atom. The molecule has 1 aromatic carbocycles. The van der Waals surface area contributed by atoms with E-state index in [1.54, 1.807) is 6.07 Å². The normalized spacial score (nSPS) is 11.1. The number of hydrogen-bond donors (Lipinski definition) is 1. The van der Waals surface area contributed by atoms with Crippen molar-refractivity contribution in [1.29, 1.82) is 0 Å². The second-order valence-corrected chi connectivity index (χ2v) is 4.81. The topological polar surface area (TPSA) is 33.6 Å². The van der Waals surface area contributed by atoms with Crippen molar-refractivity contribution in [2.75, 3.05) is 0 Å². The van der Waals surface area contributed by atoms with Gasteiger partial charge < -0.3 is 9.55 Å². The van der Waals surface area contributed by atoms with E-state index in [-0.39, 0.29) is 5.82 Å². The number of fused-ring (bicyclic) bond motifs is 1. The molecule has 1 N–H and O–H groups in total. The highest BCUT2D eigenvalue weighted by molar-refractivity contribution is 7.71. The van der Waals surface area contributed by atoms with Crippen LogP contribution in [0.15, 0.2) is 36.4 Å². The molecule has 0 atom stereocenters. The van der Waals surface area contributed by atoms with Crippen LogP contribution in [0, 0.1) is 17.5 Å². The van der Waals surface area contributed by atoms with Crippen LogP contribution in [0.1, 0.15) is 11.4 Å². The van der Waals surface area contributed by atoms with Gasteiger partial charge in [0.25, 0.3) is 0 Å². The molecule has 2 aromatic heterocycles. The van der Waals surface area contributed by atoms with E-state index in [9.17, 15) is 4.39 Å². The number of para-hydroxylation sites is 1. The number of benzene rings is 1. The van der Waals surface area contributed by atoms with Crippen LogP contribution in [0.5, 0.6) is 0 Å². The van der Waals surface area contributed by atoms with Gasteiger partial charge in [0.15, 0.2) is 4.77 Å². The van der Waals surface area contributed by atoms with Gasteiger partial charge in [0, 0.05) is 5.69 Å². The zero-order valence-corrected chi connectivity index (χ0v) is 11.2. The highest BCUT2D eigenvalue weighted by atomic mass is 32.1. The first-order valence-electron chi connectivity index (χ1n) is 5.95. The molecule has 2 heterocycles. The Bertz CT molecular complexity index is 804. The van der Waals surface area contributed by atoms with Gasteiger partial charge in [0.05, 0.1) is 17.8 Å². The summed E-state index contributed by atoms with van der Waals surface area (Å²) in [4.78, 5) is 7.35. The monoisotopic (exact) mass is 273 g/mol. The Balaban J connectivity index is 2.13. The summed E-state index contributed by atoms with van der Waals surface area (Å²) in [5, 5.41) is 0. The van der Waals surface area contributed by atoms with E-state index >= 15 is 0 Å². The molecule has 0 aliphatic heterocycles. The van der Waals surface area contributed by atoms with Crippen LogP contribution in [0.4, 0.5) is 4.39 Å². The van der Waals surface area contributed by atoms with E-state index in [2.05, 4.69) is 9.97 Å². The standard InChI is InChI=1S/C14H12FN3S/c1-9-4-2-5-10(16-9)8-18-12-7-3-6-11(15)13(12)17-14(18)19/h2-7H,8H2,1H3,(H,17,19). The number of H-pyrrole nitrogens is 1. The minimum Gasteiger partial charge on any atom is -0.328 e. The molecular formula is C14H12FN3S. The van der Waals surface area contributed by atoms with E-state index in [1.165, 1.54) is 6.07 Å². The molecule has 0 saturated heterocycles. The van der Waals surface area contributed by atoms with Gasteiger partial charge in [-0.15, -0.1) is 0 Å². The highest BCUT2D eigenvalue weighted by Gasteiger charge is 2.08. The van der Waals surface area contributed by atoms with Crippen molar-refractivity contribution in [2.24, 2.45) is 0 Å². The smallest absolute Gasteiger partial charge is 0.178 e. The maximum absolute atomic E-state index is 13.7. The minimum absolute atomic E-state index is 0.292. The van der Waals surface area contributed by atoms with Crippen molar-refractivity contribution < 1.29 is 4.39 Å². The Hall–Kier alpha value is -2.01. The van der Waals surface area contributed by atoms with Crippen LogP contribution in [0.2, 0.25) is 0 Å². The molecule has 0 fully saturated rings. The predicted molar refractivity (Wildman–Crippen MR) is 75.2 cm³/mol. The molecule has 0 aliphatic rings. The number of rotatable bonds is 2. The molecule has 0 saturated carbocycles. The summed E-state index contributed by atoms with van der Waals surface area (Å²) in [6.45, 7) is 2.47. The Labute approximate surface area is 114 Å².